The average molecular weight is 453 g/mol. The number of fused-ring (bicyclic) bond motifs is 1. The second-order valence-electron chi connectivity index (χ2n) is 10.6. The number of ether oxygens (including phenoxy) is 1. The average Bonchev–Trinajstić information content (AvgIpc) is 3.40. The lowest BCUT2D eigenvalue weighted by molar-refractivity contribution is 0.0371. The number of hydrogen-bond donors (Lipinski definition) is 1. The number of aryl methyl sites for hydroxylation is 1. The second-order valence-corrected chi connectivity index (χ2v) is 10.6. The zero-order chi connectivity index (χ0) is 23.8. The number of H-pyrrole nitrogens is 1. The van der Waals surface area contributed by atoms with Crippen molar-refractivity contribution in [3.63, 3.8) is 0 Å². The summed E-state index contributed by atoms with van der Waals surface area (Å²) in [6.07, 6.45) is 2.24. The smallest absolute Gasteiger partial charge is 0.252 e. The number of aromatic nitrogens is 5. The Bertz CT molecular complexity index is 1150. The molecule has 0 amide bonds. The normalized spacial score (nSPS) is 18.0. The van der Waals surface area contributed by atoms with Crippen LogP contribution in [0, 0.1) is 12.8 Å². The van der Waals surface area contributed by atoms with E-state index in [4.69, 9.17) is 4.74 Å². The fraction of sp³-hybridized carbons (Fsp3) is 0.600. The van der Waals surface area contributed by atoms with Gasteiger partial charge in [0.15, 0.2) is 5.82 Å². The maximum absolute atomic E-state index is 13.1. The lowest BCUT2D eigenvalue weighted by atomic mass is 9.98. The first kappa shape index (κ1) is 23.6. The van der Waals surface area contributed by atoms with Crippen LogP contribution in [0.1, 0.15) is 70.5 Å². The molecule has 178 valence electrons. The van der Waals surface area contributed by atoms with E-state index in [1.165, 1.54) is 0 Å². The van der Waals surface area contributed by atoms with Crippen LogP contribution >= 0.6 is 0 Å². The van der Waals surface area contributed by atoms with Gasteiger partial charge in [-0.2, -0.15) is 0 Å². The molecule has 33 heavy (non-hydrogen) atoms. The number of pyridine rings is 1. The lowest BCUT2D eigenvalue weighted by Crippen LogP contribution is -2.41. The number of nitrogens with one attached hydrogen (secondary N) is 1. The molecule has 0 radical (unpaired) electrons. The SMILES string of the molecule is Cc1ccc2cc(CN(C[C@@H]3CCCO3)[C@H](c3nnnn3C(C)(C)C)C(C)C)c(=O)[nH]c2c1. The van der Waals surface area contributed by atoms with Gasteiger partial charge in [0.05, 0.1) is 17.7 Å². The van der Waals surface area contributed by atoms with Crippen LogP contribution in [0.3, 0.4) is 0 Å². The Kier molecular flexibility index (Phi) is 6.68. The van der Waals surface area contributed by atoms with Gasteiger partial charge < -0.3 is 9.72 Å². The van der Waals surface area contributed by atoms with Crippen LogP contribution in [0.4, 0.5) is 0 Å². The molecule has 8 nitrogen and oxygen atoms in total. The third-order valence-corrected chi connectivity index (χ3v) is 6.33. The van der Waals surface area contributed by atoms with Crippen molar-refractivity contribution in [3.8, 4) is 0 Å². The highest BCUT2D eigenvalue weighted by molar-refractivity contribution is 5.79. The second kappa shape index (κ2) is 9.35. The van der Waals surface area contributed by atoms with Gasteiger partial charge in [-0.3, -0.25) is 9.69 Å². The van der Waals surface area contributed by atoms with E-state index >= 15 is 0 Å². The van der Waals surface area contributed by atoms with Crippen molar-refractivity contribution in [2.45, 2.75) is 78.6 Å². The van der Waals surface area contributed by atoms with Crippen molar-refractivity contribution in [1.29, 1.82) is 0 Å². The minimum Gasteiger partial charge on any atom is -0.377 e. The predicted molar refractivity (Wildman–Crippen MR) is 129 cm³/mol. The van der Waals surface area contributed by atoms with E-state index in [0.717, 1.165) is 53.8 Å². The van der Waals surface area contributed by atoms with Crippen molar-refractivity contribution in [2.24, 2.45) is 5.92 Å². The molecule has 8 heteroatoms. The zero-order valence-electron chi connectivity index (χ0n) is 20.6. The third kappa shape index (κ3) is 5.17. The summed E-state index contributed by atoms with van der Waals surface area (Å²) in [5, 5.41) is 13.8. The quantitative estimate of drug-likeness (QED) is 0.584. The molecule has 2 aromatic heterocycles. The predicted octanol–water partition coefficient (Wildman–Crippen LogP) is 3.96. The molecule has 1 aliphatic heterocycles. The molecule has 1 aromatic carbocycles. The van der Waals surface area contributed by atoms with E-state index in [1.54, 1.807) is 0 Å². The summed E-state index contributed by atoms with van der Waals surface area (Å²) in [4.78, 5) is 18.5. The fourth-order valence-corrected chi connectivity index (χ4v) is 4.76. The van der Waals surface area contributed by atoms with Gasteiger partial charge in [0.25, 0.3) is 5.56 Å². The maximum Gasteiger partial charge on any atom is 0.252 e. The molecule has 1 N–H and O–H groups in total. The van der Waals surface area contributed by atoms with Crippen LogP contribution in [0.5, 0.6) is 0 Å². The Morgan fingerprint density at radius 3 is 2.73 bits per heavy atom. The largest absolute Gasteiger partial charge is 0.377 e. The van der Waals surface area contributed by atoms with Crippen molar-refractivity contribution in [2.75, 3.05) is 13.2 Å². The van der Waals surface area contributed by atoms with Crippen LogP contribution < -0.4 is 5.56 Å². The first-order chi connectivity index (χ1) is 15.6. The van der Waals surface area contributed by atoms with Crippen LogP contribution in [-0.2, 0) is 16.8 Å². The summed E-state index contributed by atoms with van der Waals surface area (Å²) in [5.74, 6) is 1.06. The Morgan fingerprint density at radius 2 is 2.06 bits per heavy atom. The van der Waals surface area contributed by atoms with Gasteiger partial charge >= 0.3 is 0 Å². The van der Waals surface area contributed by atoms with Crippen LogP contribution in [0.25, 0.3) is 10.9 Å². The fourth-order valence-electron chi connectivity index (χ4n) is 4.76. The number of tetrazole rings is 1. The summed E-state index contributed by atoms with van der Waals surface area (Å²) in [5.41, 5.74) is 2.43. The Balaban J connectivity index is 1.75. The Morgan fingerprint density at radius 1 is 1.27 bits per heavy atom. The van der Waals surface area contributed by atoms with Crippen LogP contribution in [0.15, 0.2) is 29.1 Å². The molecule has 4 rings (SSSR count). The molecule has 3 aromatic rings. The highest BCUT2D eigenvalue weighted by Gasteiger charge is 2.34. The van der Waals surface area contributed by atoms with E-state index in [0.29, 0.717) is 6.54 Å². The molecule has 2 atom stereocenters. The summed E-state index contributed by atoms with van der Waals surface area (Å²) in [6.45, 7) is 14.7. The van der Waals surface area contributed by atoms with Crippen molar-refractivity contribution in [1.82, 2.24) is 30.1 Å². The monoisotopic (exact) mass is 452 g/mol. The van der Waals surface area contributed by atoms with Crippen molar-refractivity contribution >= 4 is 10.9 Å². The number of benzene rings is 1. The summed E-state index contributed by atoms with van der Waals surface area (Å²) in [6, 6.07) is 8.10. The zero-order valence-corrected chi connectivity index (χ0v) is 20.6. The molecule has 1 fully saturated rings. The Labute approximate surface area is 195 Å². The minimum absolute atomic E-state index is 0.0524. The van der Waals surface area contributed by atoms with Crippen molar-refractivity contribution in [3.05, 3.63) is 51.6 Å². The van der Waals surface area contributed by atoms with E-state index in [9.17, 15) is 4.79 Å². The maximum atomic E-state index is 13.1. The molecule has 0 spiro atoms. The molecule has 1 aliphatic rings. The van der Waals surface area contributed by atoms with Gasteiger partial charge in [0.1, 0.15) is 0 Å². The van der Waals surface area contributed by atoms with Gasteiger partial charge in [-0.1, -0.05) is 26.0 Å². The van der Waals surface area contributed by atoms with Gasteiger partial charge in [0.2, 0.25) is 0 Å². The topological polar surface area (TPSA) is 88.9 Å². The first-order valence-electron chi connectivity index (χ1n) is 11.9. The summed E-state index contributed by atoms with van der Waals surface area (Å²) >= 11 is 0. The molecule has 1 saturated heterocycles. The van der Waals surface area contributed by atoms with Gasteiger partial charge in [-0.25, -0.2) is 4.68 Å². The number of rotatable bonds is 7. The van der Waals surface area contributed by atoms with Crippen LogP contribution in [-0.4, -0.2) is 49.3 Å². The summed E-state index contributed by atoms with van der Waals surface area (Å²) in [7, 11) is 0. The number of hydrogen-bond acceptors (Lipinski definition) is 6. The van der Waals surface area contributed by atoms with Gasteiger partial charge in [-0.15, -0.1) is 5.10 Å². The van der Waals surface area contributed by atoms with Gasteiger partial charge in [-0.05, 0) is 80.0 Å². The molecule has 3 heterocycles. The molecule has 0 bridgehead atoms. The molecule has 0 unspecified atom stereocenters. The van der Waals surface area contributed by atoms with Crippen molar-refractivity contribution < 1.29 is 4.74 Å². The molecular formula is C25H36N6O2. The number of nitrogens with zero attached hydrogens (tertiary/aromatic N) is 5. The third-order valence-electron chi connectivity index (χ3n) is 6.33. The van der Waals surface area contributed by atoms with Gasteiger partial charge in [0, 0.05) is 30.8 Å². The summed E-state index contributed by atoms with van der Waals surface area (Å²) < 4.78 is 7.90. The highest BCUT2D eigenvalue weighted by Crippen LogP contribution is 2.32. The number of aromatic amines is 1. The van der Waals surface area contributed by atoms with E-state index in [1.807, 2.05) is 23.7 Å². The van der Waals surface area contributed by atoms with Crippen LogP contribution in [0.2, 0.25) is 0 Å². The molecular weight excluding hydrogens is 416 g/mol. The first-order valence-corrected chi connectivity index (χ1v) is 11.9. The minimum atomic E-state index is -0.250. The van der Waals surface area contributed by atoms with E-state index in [-0.39, 0.29) is 29.2 Å². The van der Waals surface area contributed by atoms with E-state index < -0.39 is 0 Å². The van der Waals surface area contributed by atoms with E-state index in [2.05, 4.69) is 72.2 Å². The molecule has 0 saturated carbocycles. The highest BCUT2D eigenvalue weighted by atomic mass is 16.5. The lowest BCUT2D eigenvalue weighted by Gasteiger charge is -2.36. The molecule has 0 aliphatic carbocycles. The Hall–Kier alpha value is -2.58. The standard InChI is InChI=1S/C25H36N6O2/c1-16(2)22(23-27-28-29-31(23)25(4,5)6)30(15-20-8-7-11-33-20)14-19-13-18-10-9-17(3)12-21(18)26-24(19)32/h9-10,12-13,16,20,22H,7-8,11,14-15H2,1-6H3,(H,26,32)/t20-,22-/m0/s1.